The van der Waals surface area contributed by atoms with Crippen LogP contribution in [0.15, 0.2) is 78.9 Å². The Hall–Kier alpha value is -3.33. The zero-order valence-electron chi connectivity index (χ0n) is 18.1. The summed E-state index contributed by atoms with van der Waals surface area (Å²) in [5.74, 6) is 1.30. The fourth-order valence-electron chi connectivity index (χ4n) is 4.56. The molecule has 2 unspecified atom stereocenters. The fraction of sp³-hybridized carbons (Fsp3) is 0.250. The Bertz CT molecular complexity index is 1050. The maximum Gasteiger partial charge on any atom is 0.330 e. The smallest absolute Gasteiger partial charge is 0.330 e. The van der Waals surface area contributed by atoms with E-state index in [0.29, 0.717) is 12.5 Å². The van der Waals surface area contributed by atoms with Crippen LogP contribution in [0, 0.1) is 0 Å². The second-order valence-electron chi connectivity index (χ2n) is 7.85. The minimum atomic E-state index is -0.314. The van der Waals surface area contributed by atoms with Gasteiger partial charge >= 0.3 is 5.97 Å². The lowest BCUT2D eigenvalue weighted by Gasteiger charge is -2.35. The van der Waals surface area contributed by atoms with E-state index < -0.39 is 0 Å². The SMILES string of the molecule is CCOC(=O)/C=C/c1ccc(C2c3ccc(OC)cc3CCC2c2ccccc2)cc1. The Kier molecular flexibility index (Phi) is 6.51. The minimum Gasteiger partial charge on any atom is -0.497 e. The standard InChI is InChI=1S/C28H28O3/c1-3-31-27(29)18-11-20-9-12-22(13-10-20)28-25(21-7-5-4-6-8-21)16-14-23-19-24(30-2)15-17-26(23)28/h4-13,15,17-19,25,28H,3,14,16H2,1-2H3/b18-11+. The molecule has 0 radical (unpaired) electrons. The van der Waals surface area contributed by atoms with Crippen LogP contribution in [0.25, 0.3) is 6.08 Å². The molecule has 4 rings (SSSR count). The minimum absolute atomic E-state index is 0.278. The Morgan fingerprint density at radius 2 is 1.77 bits per heavy atom. The van der Waals surface area contributed by atoms with Gasteiger partial charge in [-0.1, -0.05) is 60.7 Å². The summed E-state index contributed by atoms with van der Waals surface area (Å²) < 4.78 is 10.4. The van der Waals surface area contributed by atoms with Crippen molar-refractivity contribution in [2.45, 2.75) is 31.6 Å². The molecule has 158 valence electrons. The first-order valence-electron chi connectivity index (χ1n) is 10.9. The Morgan fingerprint density at radius 1 is 1.00 bits per heavy atom. The lowest BCUT2D eigenvalue weighted by molar-refractivity contribution is -0.137. The molecule has 3 aromatic rings. The Morgan fingerprint density at radius 3 is 2.48 bits per heavy atom. The predicted molar refractivity (Wildman–Crippen MR) is 124 cm³/mol. The quantitative estimate of drug-likeness (QED) is 0.361. The van der Waals surface area contributed by atoms with Crippen molar-refractivity contribution in [2.24, 2.45) is 0 Å². The molecule has 2 atom stereocenters. The molecule has 0 N–H and O–H groups in total. The summed E-state index contributed by atoms with van der Waals surface area (Å²) in [4.78, 5) is 11.6. The summed E-state index contributed by atoms with van der Waals surface area (Å²) >= 11 is 0. The molecule has 3 aromatic carbocycles. The van der Waals surface area contributed by atoms with Gasteiger partial charge in [0, 0.05) is 12.0 Å². The van der Waals surface area contributed by atoms with Gasteiger partial charge in [0.1, 0.15) is 5.75 Å². The highest BCUT2D eigenvalue weighted by molar-refractivity contribution is 5.87. The van der Waals surface area contributed by atoms with Crippen molar-refractivity contribution in [1.29, 1.82) is 0 Å². The second kappa shape index (κ2) is 9.65. The van der Waals surface area contributed by atoms with E-state index in [1.165, 1.54) is 28.3 Å². The zero-order chi connectivity index (χ0) is 21.6. The average Bonchev–Trinajstić information content (AvgIpc) is 2.83. The van der Waals surface area contributed by atoms with Gasteiger partial charge < -0.3 is 9.47 Å². The third-order valence-corrected chi connectivity index (χ3v) is 6.03. The van der Waals surface area contributed by atoms with Crippen LogP contribution in [0.1, 0.15) is 53.0 Å². The summed E-state index contributed by atoms with van der Waals surface area (Å²) in [5.41, 5.74) is 6.38. The van der Waals surface area contributed by atoms with Gasteiger partial charge in [-0.05, 0) is 71.7 Å². The van der Waals surface area contributed by atoms with Gasteiger partial charge in [0.05, 0.1) is 13.7 Å². The van der Waals surface area contributed by atoms with E-state index in [-0.39, 0.29) is 11.9 Å². The van der Waals surface area contributed by atoms with Crippen molar-refractivity contribution in [3.8, 4) is 5.75 Å². The third-order valence-electron chi connectivity index (χ3n) is 6.03. The highest BCUT2D eigenvalue weighted by Gasteiger charge is 2.32. The van der Waals surface area contributed by atoms with Gasteiger partial charge in [0.2, 0.25) is 0 Å². The summed E-state index contributed by atoms with van der Waals surface area (Å²) in [5, 5.41) is 0. The van der Waals surface area contributed by atoms with E-state index in [9.17, 15) is 4.79 Å². The van der Waals surface area contributed by atoms with Crippen LogP contribution < -0.4 is 4.74 Å². The maximum atomic E-state index is 11.6. The predicted octanol–water partition coefficient (Wildman–Crippen LogP) is 6.13. The number of carbonyl (C=O) groups is 1. The number of benzene rings is 3. The Labute approximate surface area is 184 Å². The normalized spacial score (nSPS) is 17.9. The molecular formula is C28H28O3. The molecule has 0 heterocycles. The molecule has 31 heavy (non-hydrogen) atoms. The number of hydrogen-bond donors (Lipinski definition) is 0. The number of rotatable bonds is 6. The number of aryl methyl sites for hydroxylation is 1. The van der Waals surface area contributed by atoms with E-state index >= 15 is 0 Å². The number of esters is 1. The van der Waals surface area contributed by atoms with Crippen LogP contribution in [-0.4, -0.2) is 19.7 Å². The number of hydrogen-bond acceptors (Lipinski definition) is 3. The number of ether oxygens (including phenoxy) is 2. The molecule has 0 aliphatic heterocycles. The van der Waals surface area contributed by atoms with Crippen LogP contribution >= 0.6 is 0 Å². The molecule has 1 aliphatic carbocycles. The molecule has 0 aromatic heterocycles. The monoisotopic (exact) mass is 412 g/mol. The second-order valence-corrected chi connectivity index (χ2v) is 7.85. The van der Waals surface area contributed by atoms with E-state index in [0.717, 1.165) is 24.2 Å². The van der Waals surface area contributed by atoms with Gasteiger partial charge in [0.15, 0.2) is 0 Å². The third kappa shape index (κ3) is 4.72. The summed E-state index contributed by atoms with van der Waals surface area (Å²) in [6.07, 6.45) is 5.42. The molecular weight excluding hydrogens is 384 g/mol. The van der Waals surface area contributed by atoms with Crippen molar-refractivity contribution in [3.63, 3.8) is 0 Å². The van der Waals surface area contributed by atoms with E-state index in [1.54, 1.807) is 20.1 Å². The number of fused-ring (bicyclic) bond motifs is 1. The molecule has 0 spiro atoms. The number of methoxy groups -OCH3 is 1. The topological polar surface area (TPSA) is 35.5 Å². The van der Waals surface area contributed by atoms with Gasteiger partial charge in [-0.3, -0.25) is 0 Å². The van der Waals surface area contributed by atoms with Gasteiger partial charge in [0.25, 0.3) is 0 Å². The molecule has 1 aliphatic rings. The van der Waals surface area contributed by atoms with Gasteiger partial charge in [-0.25, -0.2) is 4.79 Å². The molecule has 0 fully saturated rings. The first-order chi connectivity index (χ1) is 15.2. The lowest BCUT2D eigenvalue weighted by Crippen LogP contribution is -2.20. The van der Waals surface area contributed by atoms with Crippen molar-refractivity contribution in [3.05, 3.63) is 107 Å². The summed E-state index contributed by atoms with van der Waals surface area (Å²) in [7, 11) is 1.72. The van der Waals surface area contributed by atoms with Crippen molar-refractivity contribution in [1.82, 2.24) is 0 Å². The molecule has 3 nitrogen and oxygen atoms in total. The highest BCUT2D eigenvalue weighted by atomic mass is 16.5. The average molecular weight is 413 g/mol. The molecule has 0 amide bonds. The van der Waals surface area contributed by atoms with Crippen molar-refractivity contribution >= 4 is 12.0 Å². The molecule has 0 saturated carbocycles. The van der Waals surface area contributed by atoms with E-state index in [2.05, 4.69) is 72.8 Å². The van der Waals surface area contributed by atoms with Crippen LogP contribution in [0.2, 0.25) is 0 Å². The summed E-state index contributed by atoms with van der Waals surface area (Å²) in [6, 6.07) is 25.8. The molecule has 0 saturated heterocycles. The Balaban J connectivity index is 1.69. The number of carbonyl (C=O) groups excluding carboxylic acids is 1. The van der Waals surface area contributed by atoms with Crippen LogP contribution in [0.5, 0.6) is 5.75 Å². The molecule has 3 heteroatoms. The summed E-state index contributed by atoms with van der Waals surface area (Å²) in [6.45, 7) is 2.19. The van der Waals surface area contributed by atoms with Gasteiger partial charge in [-0.2, -0.15) is 0 Å². The van der Waals surface area contributed by atoms with Crippen molar-refractivity contribution < 1.29 is 14.3 Å². The maximum absolute atomic E-state index is 11.6. The van der Waals surface area contributed by atoms with E-state index in [1.807, 2.05) is 0 Å². The largest absolute Gasteiger partial charge is 0.497 e. The lowest BCUT2D eigenvalue weighted by atomic mass is 9.69. The van der Waals surface area contributed by atoms with Crippen LogP contribution in [0.3, 0.4) is 0 Å². The fourth-order valence-corrected chi connectivity index (χ4v) is 4.56. The van der Waals surface area contributed by atoms with Crippen LogP contribution in [-0.2, 0) is 16.0 Å². The van der Waals surface area contributed by atoms with E-state index in [4.69, 9.17) is 9.47 Å². The zero-order valence-corrected chi connectivity index (χ0v) is 18.1. The first kappa shape index (κ1) is 20.9. The first-order valence-corrected chi connectivity index (χ1v) is 10.9. The highest BCUT2D eigenvalue weighted by Crippen LogP contribution is 2.46. The van der Waals surface area contributed by atoms with Gasteiger partial charge in [-0.15, -0.1) is 0 Å². The van der Waals surface area contributed by atoms with Crippen LogP contribution in [0.4, 0.5) is 0 Å². The van der Waals surface area contributed by atoms with Crippen molar-refractivity contribution in [2.75, 3.05) is 13.7 Å². The molecule has 0 bridgehead atoms.